The van der Waals surface area contributed by atoms with Gasteiger partial charge in [-0.2, -0.15) is 0 Å². The summed E-state index contributed by atoms with van der Waals surface area (Å²) in [7, 11) is 0. The van der Waals surface area contributed by atoms with E-state index in [1.807, 2.05) is 72.8 Å². The molecular formula is C27H18N3O2Pt-. The molecule has 0 radical (unpaired) electrons. The molecule has 0 unspecified atom stereocenters. The van der Waals surface area contributed by atoms with Gasteiger partial charge in [-0.15, -0.1) is 23.8 Å². The van der Waals surface area contributed by atoms with Crippen LogP contribution in [0, 0.1) is 6.07 Å². The molecule has 0 saturated carbocycles. The molecule has 0 fully saturated rings. The second-order valence-corrected chi connectivity index (χ2v) is 7.03. The summed E-state index contributed by atoms with van der Waals surface area (Å²) in [5.41, 5.74) is 4.16. The van der Waals surface area contributed by atoms with Crippen molar-refractivity contribution >= 4 is 0 Å². The Morgan fingerprint density at radius 1 is 0.727 bits per heavy atom. The first-order valence-electron chi connectivity index (χ1n) is 10.1. The summed E-state index contributed by atoms with van der Waals surface area (Å²) in [6, 6.07) is 31.2. The molecule has 0 atom stereocenters. The second kappa shape index (κ2) is 10.2. The molecule has 0 spiro atoms. The van der Waals surface area contributed by atoms with Gasteiger partial charge in [-0.25, -0.2) is 4.98 Å². The normalized spacial score (nSPS) is 10.3. The van der Waals surface area contributed by atoms with Crippen LogP contribution < -0.4 is 4.74 Å². The zero-order valence-corrected chi connectivity index (χ0v) is 19.6. The SMILES string of the molecule is Oc1ccccc1-c1nc(-c2[c-]c(Oc3ccccn3)ccc2)cnc1-c1ccccc1.[Pt]. The summed E-state index contributed by atoms with van der Waals surface area (Å²) in [4.78, 5) is 13.8. The van der Waals surface area contributed by atoms with Crippen molar-refractivity contribution < 1.29 is 30.9 Å². The van der Waals surface area contributed by atoms with E-state index in [1.165, 1.54) is 0 Å². The van der Waals surface area contributed by atoms with E-state index in [-0.39, 0.29) is 26.8 Å². The Kier molecular flexibility index (Phi) is 6.91. The number of phenolic OH excluding ortho intramolecular Hbond substituents is 1. The van der Waals surface area contributed by atoms with E-state index in [2.05, 4.69) is 11.1 Å². The molecule has 0 amide bonds. The monoisotopic (exact) mass is 611 g/mol. The van der Waals surface area contributed by atoms with Gasteiger partial charge in [0.1, 0.15) is 5.75 Å². The Bertz CT molecular complexity index is 1360. The number of benzene rings is 3. The molecule has 0 aliphatic carbocycles. The van der Waals surface area contributed by atoms with E-state index >= 15 is 0 Å². The minimum absolute atomic E-state index is 0. The zero-order chi connectivity index (χ0) is 21.8. The molecule has 5 nitrogen and oxygen atoms in total. The van der Waals surface area contributed by atoms with Gasteiger partial charge >= 0.3 is 0 Å². The second-order valence-electron chi connectivity index (χ2n) is 7.03. The van der Waals surface area contributed by atoms with E-state index in [9.17, 15) is 5.11 Å². The Labute approximate surface area is 206 Å². The van der Waals surface area contributed by atoms with Gasteiger partial charge in [0.25, 0.3) is 0 Å². The molecule has 5 rings (SSSR count). The molecule has 0 saturated heterocycles. The number of hydrogen-bond acceptors (Lipinski definition) is 5. The number of rotatable bonds is 5. The maximum atomic E-state index is 10.5. The smallest absolute Gasteiger partial charge is 0.217 e. The van der Waals surface area contributed by atoms with Crippen molar-refractivity contribution in [2.24, 2.45) is 0 Å². The van der Waals surface area contributed by atoms with Crippen LogP contribution in [-0.4, -0.2) is 20.1 Å². The molecule has 0 aliphatic heterocycles. The summed E-state index contributed by atoms with van der Waals surface area (Å²) in [5.74, 6) is 1.16. The predicted octanol–water partition coefficient (Wildman–Crippen LogP) is 6.17. The third kappa shape index (κ3) is 4.99. The third-order valence-corrected chi connectivity index (χ3v) is 4.88. The molecule has 0 aliphatic rings. The van der Waals surface area contributed by atoms with Crippen molar-refractivity contribution in [1.29, 1.82) is 0 Å². The Balaban J connectivity index is 0.00000259. The largest absolute Gasteiger partial charge is 0.507 e. The van der Waals surface area contributed by atoms with Gasteiger partial charge < -0.3 is 9.84 Å². The summed E-state index contributed by atoms with van der Waals surface area (Å²) < 4.78 is 5.81. The van der Waals surface area contributed by atoms with Crippen molar-refractivity contribution in [3.8, 4) is 51.2 Å². The third-order valence-electron chi connectivity index (χ3n) is 4.88. The number of ether oxygens (including phenoxy) is 1. The molecule has 3 aromatic carbocycles. The fourth-order valence-electron chi connectivity index (χ4n) is 3.36. The molecule has 6 heteroatoms. The Hall–Kier alpha value is -3.82. The van der Waals surface area contributed by atoms with Crippen molar-refractivity contribution in [2.45, 2.75) is 0 Å². The van der Waals surface area contributed by atoms with Crippen LogP contribution in [0.5, 0.6) is 17.4 Å². The molecule has 33 heavy (non-hydrogen) atoms. The Morgan fingerprint density at radius 2 is 1.52 bits per heavy atom. The van der Waals surface area contributed by atoms with Crippen molar-refractivity contribution in [3.05, 3.63) is 109 Å². The summed E-state index contributed by atoms with van der Waals surface area (Å²) in [6.45, 7) is 0. The quantitative estimate of drug-likeness (QED) is 0.241. The number of nitrogens with zero attached hydrogens (tertiary/aromatic N) is 3. The van der Waals surface area contributed by atoms with E-state index in [4.69, 9.17) is 14.7 Å². The fourth-order valence-corrected chi connectivity index (χ4v) is 3.36. The molecule has 1 N–H and O–H groups in total. The van der Waals surface area contributed by atoms with Crippen LogP contribution in [0.2, 0.25) is 0 Å². The zero-order valence-electron chi connectivity index (χ0n) is 17.3. The number of aromatic nitrogens is 3. The predicted molar refractivity (Wildman–Crippen MR) is 123 cm³/mol. The topological polar surface area (TPSA) is 68.1 Å². The van der Waals surface area contributed by atoms with Gasteiger partial charge in [-0.05, 0) is 18.2 Å². The van der Waals surface area contributed by atoms with E-state index < -0.39 is 0 Å². The number of hydrogen-bond donors (Lipinski definition) is 1. The van der Waals surface area contributed by atoms with E-state index in [1.54, 1.807) is 30.6 Å². The number of aromatic hydroxyl groups is 1. The average molecular weight is 612 g/mol. The standard InChI is InChI=1S/C27H18N3O2.Pt/c31-24-14-5-4-13-22(24)27-26(19-9-2-1-3-10-19)29-18-23(30-27)20-11-8-12-21(17-20)32-25-15-6-7-16-28-25;/h1-16,18,31H;/q-1;. The van der Waals surface area contributed by atoms with Crippen LogP contribution in [0.15, 0.2) is 103 Å². The molecule has 2 heterocycles. The summed E-state index contributed by atoms with van der Waals surface area (Å²) in [6.07, 6.45) is 3.38. The van der Waals surface area contributed by atoms with Gasteiger partial charge in [-0.3, -0.25) is 9.97 Å². The number of phenols is 1. The van der Waals surface area contributed by atoms with Gasteiger partial charge in [0.15, 0.2) is 0 Å². The minimum Gasteiger partial charge on any atom is -0.507 e. The molecule has 0 bridgehead atoms. The van der Waals surface area contributed by atoms with Gasteiger partial charge in [0.2, 0.25) is 5.88 Å². The van der Waals surface area contributed by atoms with Crippen LogP contribution in [0.25, 0.3) is 33.8 Å². The number of pyridine rings is 1. The minimum atomic E-state index is 0. The maximum absolute atomic E-state index is 10.5. The molecule has 5 aromatic rings. The van der Waals surface area contributed by atoms with Crippen LogP contribution >= 0.6 is 0 Å². The molecule has 164 valence electrons. The fraction of sp³-hybridized carbons (Fsp3) is 0. The Morgan fingerprint density at radius 3 is 2.30 bits per heavy atom. The van der Waals surface area contributed by atoms with Gasteiger partial charge in [0.05, 0.1) is 11.4 Å². The van der Waals surface area contributed by atoms with Crippen molar-refractivity contribution in [3.63, 3.8) is 0 Å². The first-order chi connectivity index (χ1) is 15.8. The van der Waals surface area contributed by atoms with Gasteiger partial charge in [-0.1, -0.05) is 54.6 Å². The maximum Gasteiger partial charge on any atom is 0.217 e. The van der Waals surface area contributed by atoms with E-state index in [0.717, 1.165) is 11.1 Å². The van der Waals surface area contributed by atoms with Crippen molar-refractivity contribution in [1.82, 2.24) is 15.0 Å². The first kappa shape index (κ1) is 22.4. The molecular weight excluding hydrogens is 593 g/mol. The van der Waals surface area contributed by atoms with Crippen LogP contribution in [0.4, 0.5) is 0 Å². The summed E-state index contributed by atoms with van der Waals surface area (Å²) in [5, 5.41) is 10.5. The first-order valence-corrected chi connectivity index (χ1v) is 10.1. The van der Waals surface area contributed by atoms with Crippen LogP contribution in [0.3, 0.4) is 0 Å². The molecule has 2 aromatic heterocycles. The average Bonchev–Trinajstić information content (AvgIpc) is 2.85. The number of para-hydroxylation sites is 1. The van der Waals surface area contributed by atoms with Crippen molar-refractivity contribution in [2.75, 3.05) is 0 Å². The van der Waals surface area contributed by atoms with Gasteiger partial charge in [0, 0.05) is 62.1 Å². The van der Waals surface area contributed by atoms with Crippen LogP contribution in [-0.2, 0) is 21.1 Å². The summed E-state index contributed by atoms with van der Waals surface area (Å²) >= 11 is 0. The van der Waals surface area contributed by atoms with Crippen LogP contribution in [0.1, 0.15) is 0 Å². The van der Waals surface area contributed by atoms with E-state index in [0.29, 0.717) is 34.3 Å².